The summed E-state index contributed by atoms with van der Waals surface area (Å²) in [6.45, 7) is 0. The molecule has 0 atom stereocenters. The second-order valence-electron chi connectivity index (χ2n) is 5.83. The normalized spacial score (nSPS) is 10.7. The minimum atomic E-state index is 0.825. The molecular formula is C22H18N2. The fourth-order valence-electron chi connectivity index (χ4n) is 2.93. The van der Waals surface area contributed by atoms with E-state index < -0.39 is 0 Å². The van der Waals surface area contributed by atoms with Crippen molar-refractivity contribution in [1.82, 2.24) is 4.98 Å². The molecule has 0 saturated carbocycles. The van der Waals surface area contributed by atoms with Crippen LogP contribution in [0, 0.1) is 0 Å². The van der Waals surface area contributed by atoms with E-state index in [-0.39, 0.29) is 0 Å². The molecule has 4 rings (SSSR count). The summed E-state index contributed by atoms with van der Waals surface area (Å²) in [5, 5.41) is 5.82. The average Bonchev–Trinajstić information content (AvgIpc) is 2.63. The zero-order valence-electron chi connectivity index (χ0n) is 13.3. The van der Waals surface area contributed by atoms with E-state index in [0.717, 1.165) is 23.6 Å². The summed E-state index contributed by atoms with van der Waals surface area (Å²) in [6, 6.07) is 31.2. The molecule has 0 unspecified atom stereocenters. The van der Waals surface area contributed by atoms with Crippen LogP contribution in [0.1, 0.15) is 11.3 Å². The zero-order chi connectivity index (χ0) is 16.2. The number of hydrogen-bond acceptors (Lipinski definition) is 2. The van der Waals surface area contributed by atoms with Gasteiger partial charge in [-0.15, -0.1) is 0 Å². The molecule has 1 aromatic heterocycles. The first-order valence-corrected chi connectivity index (χ1v) is 8.13. The zero-order valence-corrected chi connectivity index (χ0v) is 13.3. The van der Waals surface area contributed by atoms with E-state index in [2.05, 4.69) is 59.9 Å². The van der Waals surface area contributed by atoms with Crippen LogP contribution in [0.25, 0.3) is 10.8 Å². The van der Waals surface area contributed by atoms with Gasteiger partial charge in [0, 0.05) is 17.5 Å². The van der Waals surface area contributed by atoms with Crippen LogP contribution in [-0.4, -0.2) is 4.98 Å². The highest BCUT2D eigenvalue weighted by atomic mass is 15.0. The molecule has 0 bridgehead atoms. The Hall–Kier alpha value is -3.13. The highest BCUT2D eigenvalue weighted by Crippen LogP contribution is 2.25. The maximum absolute atomic E-state index is 4.88. The van der Waals surface area contributed by atoms with Crippen LogP contribution in [-0.2, 0) is 6.42 Å². The van der Waals surface area contributed by atoms with E-state index in [4.69, 9.17) is 4.98 Å². The second-order valence-corrected chi connectivity index (χ2v) is 5.83. The lowest BCUT2D eigenvalue weighted by molar-refractivity contribution is 1.10. The Morgan fingerprint density at radius 1 is 0.708 bits per heavy atom. The molecule has 0 fully saturated rings. The number of rotatable bonds is 4. The largest absolute Gasteiger partial charge is 0.340 e. The molecule has 0 aliphatic heterocycles. The van der Waals surface area contributed by atoms with Crippen molar-refractivity contribution < 1.29 is 0 Å². The minimum Gasteiger partial charge on any atom is -0.340 e. The Labute approximate surface area is 141 Å². The van der Waals surface area contributed by atoms with Gasteiger partial charge in [-0.25, -0.2) is 4.98 Å². The molecule has 24 heavy (non-hydrogen) atoms. The van der Waals surface area contributed by atoms with E-state index in [0.29, 0.717) is 0 Å². The number of pyridine rings is 1. The molecule has 2 nitrogen and oxygen atoms in total. The van der Waals surface area contributed by atoms with E-state index in [1.54, 1.807) is 0 Å². The van der Waals surface area contributed by atoms with Crippen LogP contribution in [0.2, 0.25) is 0 Å². The molecule has 1 N–H and O–H groups in total. The van der Waals surface area contributed by atoms with E-state index >= 15 is 0 Å². The maximum Gasteiger partial charge on any atom is 0.131 e. The molecule has 0 amide bonds. The second kappa shape index (κ2) is 6.55. The molecule has 2 heteroatoms. The van der Waals surface area contributed by atoms with Crippen molar-refractivity contribution in [3.8, 4) is 0 Å². The Bertz CT molecular complexity index is 947. The predicted molar refractivity (Wildman–Crippen MR) is 101 cm³/mol. The number of anilines is 2. The number of benzene rings is 3. The number of para-hydroxylation sites is 1. The Morgan fingerprint density at radius 2 is 1.38 bits per heavy atom. The molecule has 0 saturated heterocycles. The van der Waals surface area contributed by atoms with Gasteiger partial charge in [-0.2, -0.15) is 0 Å². The van der Waals surface area contributed by atoms with Gasteiger partial charge in [0.2, 0.25) is 0 Å². The lowest BCUT2D eigenvalue weighted by Gasteiger charge is -2.11. The van der Waals surface area contributed by atoms with Crippen molar-refractivity contribution in [2.45, 2.75) is 6.42 Å². The summed E-state index contributed by atoms with van der Waals surface area (Å²) < 4.78 is 0. The first kappa shape index (κ1) is 14.5. The molecule has 0 spiro atoms. The number of hydrogen-bond donors (Lipinski definition) is 1. The van der Waals surface area contributed by atoms with Crippen LogP contribution in [0.15, 0.2) is 91.0 Å². The van der Waals surface area contributed by atoms with Crippen molar-refractivity contribution in [3.05, 3.63) is 102 Å². The first-order valence-electron chi connectivity index (χ1n) is 8.13. The quantitative estimate of drug-likeness (QED) is 0.533. The van der Waals surface area contributed by atoms with E-state index in [1.807, 2.05) is 36.4 Å². The maximum atomic E-state index is 4.88. The van der Waals surface area contributed by atoms with Crippen LogP contribution >= 0.6 is 0 Å². The van der Waals surface area contributed by atoms with Gasteiger partial charge in [0.25, 0.3) is 0 Å². The number of nitrogens with one attached hydrogen (secondary N) is 1. The molecule has 116 valence electrons. The number of aromatic nitrogens is 1. The monoisotopic (exact) mass is 310 g/mol. The van der Waals surface area contributed by atoms with E-state index in [1.165, 1.54) is 16.3 Å². The van der Waals surface area contributed by atoms with Gasteiger partial charge in [-0.1, -0.05) is 72.8 Å². The predicted octanol–water partition coefficient (Wildman–Crippen LogP) is 5.57. The molecule has 0 radical (unpaired) electrons. The fraction of sp³-hybridized carbons (Fsp3) is 0.0455. The molecule has 0 aliphatic rings. The topological polar surface area (TPSA) is 24.9 Å². The van der Waals surface area contributed by atoms with Crippen LogP contribution in [0.4, 0.5) is 11.5 Å². The summed E-state index contributed by atoms with van der Waals surface area (Å²) >= 11 is 0. The third-order valence-electron chi connectivity index (χ3n) is 4.08. The third kappa shape index (κ3) is 3.13. The highest BCUT2D eigenvalue weighted by molar-refractivity contribution is 5.87. The molecule has 4 aromatic rings. The van der Waals surface area contributed by atoms with Gasteiger partial charge < -0.3 is 5.32 Å². The first-order chi connectivity index (χ1) is 11.9. The van der Waals surface area contributed by atoms with Gasteiger partial charge in [-0.05, 0) is 29.1 Å². The van der Waals surface area contributed by atoms with Crippen LogP contribution in [0.5, 0.6) is 0 Å². The molecule has 1 heterocycles. The molecule has 3 aromatic carbocycles. The summed E-state index contributed by atoms with van der Waals surface area (Å²) in [5.74, 6) is 0.880. The number of nitrogens with zero attached hydrogens (tertiary/aromatic N) is 1. The van der Waals surface area contributed by atoms with Crippen molar-refractivity contribution in [2.75, 3.05) is 5.32 Å². The van der Waals surface area contributed by atoms with Crippen molar-refractivity contribution in [2.24, 2.45) is 0 Å². The van der Waals surface area contributed by atoms with Gasteiger partial charge >= 0.3 is 0 Å². The van der Waals surface area contributed by atoms with Crippen molar-refractivity contribution in [1.29, 1.82) is 0 Å². The summed E-state index contributed by atoms with van der Waals surface area (Å²) in [7, 11) is 0. The van der Waals surface area contributed by atoms with Gasteiger partial charge in [-0.3, -0.25) is 0 Å². The Balaban J connectivity index is 1.76. The van der Waals surface area contributed by atoms with E-state index in [9.17, 15) is 0 Å². The smallest absolute Gasteiger partial charge is 0.131 e. The highest BCUT2D eigenvalue weighted by Gasteiger charge is 2.07. The Kier molecular flexibility index (Phi) is 3.95. The van der Waals surface area contributed by atoms with Crippen LogP contribution < -0.4 is 5.32 Å². The SMILES string of the molecule is c1ccc(Cc2nc(Nc3ccccc3)cc3ccccc23)cc1. The van der Waals surface area contributed by atoms with Gasteiger partial charge in [0.1, 0.15) is 5.82 Å². The number of fused-ring (bicyclic) bond motifs is 1. The third-order valence-corrected chi connectivity index (χ3v) is 4.08. The van der Waals surface area contributed by atoms with Crippen molar-refractivity contribution >= 4 is 22.3 Å². The molecule has 0 aliphatic carbocycles. The van der Waals surface area contributed by atoms with Gasteiger partial charge in [0.05, 0.1) is 5.69 Å². The fourth-order valence-corrected chi connectivity index (χ4v) is 2.93. The standard InChI is InChI=1S/C22H18N2/c1-3-9-17(10-4-1)15-21-20-14-8-7-11-18(20)16-22(24-21)23-19-12-5-2-6-13-19/h1-14,16H,15H2,(H,23,24). The molecular weight excluding hydrogens is 292 g/mol. The average molecular weight is 310 g/mol. The van der Waals surface area contributed by atoms with Crippen LogP contribution in [0.3, 0.4) is 0 Å². The Morgan fingerprint density at radius 3 is 2.17 bits per heavy atom. The summed E-state index contributed by atoms with van der Waals surface area (Å²) in [4.78, 5) is 4.88. The van der Waals surface area contributed by atoms with Gasteiger partial charge in [0.15, 0.2) is 0 Å². The minimum absolute atomic E-state index is 0.825. The summed E-state index contributed by atoms with van der Waals surface area (Å²) in [5.41, 5.74) is 3.41. The lowest BCUT2D eigenvalue weighted by Crippen LogP contribution is -1.99. The lowest BCUT2D eigenvalue weighted by atomic mass is 10.0. The van der Waals surface area contributed by atoms with Crippen molar-refractivity contribution in [3.63, 3.8) is 0 Å². The summed E-state index contributed by atoms with van der Waals surface area (Å²) in [6.07, 6.45) is 0.825.